The molecule has 1 aliphatic heterocycles. The Morgan fingerprint density at radius 3 is 3.10 bits per heavy atom. The summed E-state index contributed by atoms with van der Waals surface area (Å²) in [5.74, 6) is 0. The van der Waals surface area contributed by atoms with E-state index in [1.165, 1.54) is 0 Å². The molecule has 2 heterocycles. The number of rotatable bonds is 1. The van der Waals surface area contributed by atoms with E-state index < -0.39 is 0 Å². The Morgan fingerprint density at radius 2 is 2.30 bits per heavy atom. The molecule has 2 aromatic rings. The lowest BCUT2D eigenvalue weighted by molar-refractivity contribution is 0.0765. The predicted octanol–water partition coefficient (Wildman–Crippen LogP) is 1.85. The van der Waals surface area contributed by atoms with Gasteiger partial charge in [-0.25, -0.2) is 0 Å². The van der Waals surface area contributed by atoms with E-state index in [1.807, 2.05) is 31.3 Å². The van der Waals surface area contributed by atoms with E-state index in [-0.39, 0.29) is 6.10 Å². The first-order valence-corrected chi connectivity index (χ1v) is 6.60. The third kappa shape index (κ3) is 2.15. The van der Waals surface area contributed by atoms with Crippen LogP contribution in [0, 0.1) is 18.3 Å². The van der Waals surface area contributed by atoms with Crippen molar-refractivity contribution in [2.45, 2.75) is 13.0 Å². The van der Waals surface area contributed by atoms with Gasteiger partial charge < -0.3 is 15.4 Å². The van der Waals surface area contributed by atoms with Crippen molar-refractivity contribution < 1.29 is 4.74 Å². The van der Waals surface area contributed by atoms with Crippen molar-refractivity contribution in [3.63, 3.8) is 0 Å². The minimum Gasteiger partial charge on any atom is -0.398 e. The number of benzene rings is 1. The quantitative estimate of drug-likeness (QED) is 0.799. The van der Waals surface area contributed by atoms with Crippen LogP contribution in [0.25, 0.3) is 10.8 Å². The summed E-state index contributed by atoms with van der Waals surface area (Å²) in [6.07, 6.45) is 1.44. The highest BCUT2D eigenvalue weighted by molar-refractivity contribution is 6.01. The van der Waals surface area contributed by atoms with Gasteiger partial charge in [-0.3, -0.25) is 4.98 Å². The van der Waals surface area contributed by atoms with E-state index in [0.717, 1.165) is 34.4 Å². The lowest BCUT2D eigenvalue weighted by Gasteiger charge is -2.32. The topological polar surface area (TPSA) is 75.2 Å². The van der Waals surface area contributed by atoms with Crippen molar-refractivity contribution in [3.8, 4) is 6.07 Å². The fourth-order valence-corrected chi connectivity index (χ4v) is 2.57. The van der Waals surface area contributed by atoms with Gasteiger partial charge in [0.2, 0.25) is 0 Å². The zero-order valence-electron chi connectivity index (χ0n) is 11.3. The maximum absolute atomic E-state index is 9.03. The van der Waals surface area contributed by atoms with Crippen LogP contribution in [0.4, 0.5) is 11.4 Å². The lowest BCUT2D eigenvalue weighted by atomic mass is 10.1. The second kappa shape index (κ2) is 4.99. The number of fused-ring (bicyclic) bond motifs is 1. The second-order valence-electron chi connectivity index (χ2n) is 4.98. The van der Waals surface area contributed by atoms with Gasteiger partial charge in [-0.1, -0.05) is 0 Å². The van der Waals surface area contributed by atoms with Gasteiger partial charge in [-0.2, -0.15) is 5.26 Å². The molecule has 0 aliphatic carbocycles. The van der Waals surface area contributed by atoms with Crippen LogP contribution >= 0.6 is 0 Å². The molecule has 1 fully saturated rings. The van der Waals surface area contributed by atoms with E-state index in [4.69, 9.17) is 15.7 Å². The van der Waals surface area contributed by atoms with Crippen LogP contribution in [0.1, 0.15) is 5.69 Å². The fourth-order valence-electron chi connectivity index (χ4n) is 2.57. The first-order chi connectivity index (χ1) is 9.69. The number of aromatic nitrogens is 1. The van der Waals surface area contributed by atoms with Crippen molar-refractivity contribution in [2.75, 3.05) is 30.3 Å². The summed E-state index contributed by atoms with van der Waals surface area (Å²) >= 11 is 0. The van der Waals surface area contributed by atoms with Gasteiger partial charge in [0, 0.05) is 40.6 Å². The summed E-state index contributed by atoms with van der Waals surface area (Å²) < 4.78 is 5.40. The molecule has 0 bridgehead atoms. The molecule has 102 valence electrons. The number of nitrogens with two attached hydrogens (primary N) is 1. The summed E-state index contributed by atoms with van der Waals surface area (Å²) in [5.41, 5.74) is 8.79. The van der Waals surface area contributed by atoms with Crippen molar-refractivity contribution in [1.29, 1.82) is 5.26 Å². The Balaban J connectivity index is 2.09. The number of anilines is 2. The molecule has 0 spiro atoms. The summed E-state index contributed by atoms with van der Waals surface area (Å²) in [4.78, 5) is 6.49. The summed E-state index contributed by atoms with van der Waals surface area (Å²) in [6, 6.07) is 8.12. The first kappa shape index (κ1) is 12.7. The maximum Gasteiger partial charge on any atom is 0.161 e. The van der Waals surface area contributed by atoms with E-state index in [2.05, 4.69) is 16.0 Å². The SMILES string of the molecule is Cc1cc2c(N3CCOC(C#N)C3)ccc(N)c2cn1. The number of nitriles is 1. The van der Waals surface area contributed by atoms with Crippen LogP contribution < -0.4 is 10.6 Å². The van der Waals surface area contributed by atoms with E-state index in [9.17, 15) is 0 Å². The second-order valence-corrected chi connectivity index (χ2v) is 4.98. The van der Waals surface area contributed by atoms with Crippen LogP contribution in [-0.2, 0) is 4.74 Å². The molecule has 1 aromatic heterocycles. The normalized spacial score (nSPS) is 19.0. The highest BCUT2D eigenvalue weighted by Crippen LogP contribution is 2.31. The molecule has 3 rings (SSSR count). The molecule has 20 heavy (non-hydrogen) atoms. The molecule has 1 aliphatic rings. The number of pyridine rings is 1. The number of hydrogen-bond acceptors (Lipinski definition) is 5. The molecule has 5 heteroatoms. The monoisotopic (exact) mass is 268 g/mol. The molecule has 1 unspecified atom stereocenters. The molecular weight excluding hydrogens is 252 g/mol. The Kier molecular flexibility index (Phi) is 3.17. The highest BCUT2D eigenvalue weighted by Gasteiger charge is 2.21. The number of aryl methyl sites for hydroxylation is 1. The van der Waals surface area contributed by atoms with Crippen molar-refractivity contribution in [1.82, 2.24) is 4.98 Å². The summed E-state index contributed by atoms with van der Waals surface area (Å²) in [6.45, 7) is 3.88. The van der Waals surface area contributed by atoms with Crippen LogP contribution in [0.3, 0.4) is 0 Å². The number of nitrogen functional groups attached to an aromatic ring is 1. The molecule has 0 saturated carbocycles. The molecule has 0 radical (unpaired) electrons. The van der Waals surface area contributed by atoms with Crippen LogP contribution in [0.2, 0.25) is 0 Å². The van der Waals surface area contributed by atoms with Gasteiger partial charge in [-0.05, 0) is 25.1 Å². The van der Waals surface area contributed by atoms with Gasteiger partial charge in [0.15, 0.2) is 6.10 Å². The Labute approximate surface area is 117 Å². The number of nitrogens with zero attached hydrogens (tertiary/aromatic N) is 3. The van der Waals surface area contributed by atoms with Gasteiger partial charge in [0.25, 0.3) is 0 Å². The standard InChI is InChI=1S/C15H16N4O/c1-10-6-12-13(8-18-10)14(17)2-3-15(12)19-4-5-20-11(7-16)9-19/h2-3,6,8,11H,4-5,9,17H2,1H3. The number of ether oxygens (including phenoxy) is 1. The smallest absolute Gasteiger partial charge is 0.161 e. The molecule has 5 nitrogen and oxygen atoms in total. The van der Waals surface area contributed by atoms with Gasteiger partial charge >= 0.3 is 0 Å². The van der Waals surface area contributed by atoms with Gasteiger partial charge in [0.1, 0.15) is 0 Å². The molecule has 1 aromatic carbocycles. The van der Waals surface area contributed by atoms with E-state index in [0.29, 0.717) is 13.2 Å². The fraction of sp³-hybridized carbons (Fsp3) is 0.333. The van der Waals surface area contributed by atoms with Crippen LogP contribution in [0.5, 0.6) is 0 Å². The molecule has 0 amide bonds. The third-order valence-electron chi connectivity index (χ3n) is 3.60. The summed E-state index contributed by atoms with van der Waals surface area (Å²) in [7, 11) is 0. The first-order valence-electron chi connectivity index (χ1n) is 6.60. The highest BCUT2D eigenvalue weighted by atomic mass is 16.5. The zero-order chi connectivity index (χ0) is 14.1. The van der Waals surface area contributed by atoms with Crippen LogP contribution in [-0.4, -0.2) is 30.8 Å². The molecular formula is C15H16N4O. The van der Waals surface area contributed by atoms with Crippen molar-refractivity contribution in [3.05, 3.63) is 30.1 Å². The van der Waals surface area contributed by atoms with Crippen LogP contribution in [0.15, 0.2) is 24.4 Å². The molecule has 1 atom stereocenters. The number of hydrogen-bond donors (Lipinski definition) is 1. The molecule has 1 saturated heterocycles. The minimum atomic E-state index is -0.376. The number of morpholine rings is 1. The van der Waals surface area contributed by atoms with Crippen molar-refractivity contribution >= 4 is 22.1 Å². The third-order valence-corrected chi connectivity index (χ3v) is 3.60. The lowest BCUT2D eigenvalue weighted by Crippen LogP contribution is -2.41. The van der Waals surface area contributed by atoms with Gasteiger partial charge in [0.05, 0.1) is 19.2 Å². The Morgan fingerprint density at radius 1 is 1.45 bits per heavy atom. The predicted molar refractivity (Wildman–Crippen MR) is 78.5 cm³/mol. The average molecular weight is 268 g/mol. The minimum absolute atomic E-state index is 0.376. The van der Waals surface area contributed by atoms with Gasteiger partial charge in [-0.15, -0.1) is 0 Å². The summed E-state index contributed by atoms with van der Waals surface area (Å²) in [5, 5.41) is 11.1. The average Bonchev–Trinajstić information content (AvgIpc) is 2.47. The zero-order valence-corrected chi connectivity index (χ0v) is 11.3. The maximum atomic E-state index is 9.03. The van der Waals surface area contributed by atoms with Crippen molar-refractivity contribution in [2.24, 2.45) is 0 Å². The Hall–Kier alpha value is -2.32. The Bertz CT molecular complexity index is 692. The van der Waals surface area contributed by atoms with E-state index >= 15 is 0 Å². The largest absolute Gasteiger partial charge is 0.398 e. The molecule has 2 N–H and O–H groups in total. The van der Waals surface area contributed by atoms with E-state index in [1.54, 1.807) is 0 Å².